The topological polar surface area (TPSA) is 50.8 Å². The fourth-order valence-electron chi connectivity index (χ4n) is 3.35. The maximum Gasteiger partial charge on any atom is 0.255 e. The van der Waals surface area contributed by atoms with E-state index in [4.69, 9.17) is 9.47 Å². The molecular weight excluding hydrogens is 340 g/mol. The zero-order valence-corrected chi connectivity index (χ0v) is 15.3. The van der Waals surface area contributed by atoms with E-state index in [2.05, 4.69) is 10.2 Å². The van der Waals surface area contributed by atoms with Crippen LogP contribution in [0.1, 0.15) is 10.4 Å². The van der Waals surface area contributed by atoms with E-state index in [9.17, 15) is 4.79 Å². The number of nitrogens with one attached hydrogen (secondary N) is 1. The standard InChI is InChI=1S/C22H22N2O3/c1-26-19-8-9-21(24-10-12-27-13-11-24)20(15-19)23-22(25)18-7-6-16-4-2-3-5-17(16)14-18/h2-9,14-15H,10-13H2,1H3,(H,23,25). The van der Waals surface area contributed by atoms with Crippen LogP contribution in [0.2, 0.25) is 0 Å². The Morgan fingerprint density at radius 2 is 1.78 bits per heavy atom. The molecule has 0 aliphatic carbocycles. The van der Waals surface area contributed by atoms with E-state index in [1.54, 1.807) is 7.11 Å². The second-order valence-corrected chi connectivity index (χ2v) is 6.50. The molecule has 1 N–H and O–H groups in total. The lowest BCUT2D eigenvalue weighted by Crippen LogP contribution is -2.36. The lowest BCUT2D eigenvalue weighted by molar-refractivity contribution is 0.102. The number of carbonyl (C=O) groups excluding carboxylic acids is 1. The molecule has 4 rings (SSSR count). The summed E-state index contributed by atoms with van der Waals surface area (Å²) in [5, 5.41) is 5.22. The first-order valence-corrected chi connectivity index (χ1v) is 9.05. The minimum absolute atomic E-state index is 0.136. The van der Waals surface area contributed by atoms with E-state index in [1.807, 2.05) is 60.7 Å². The lowest BCUT2D eigenvalue weighted by Gasteiger charge is -2.30. The average Bonchev–Trinajstić information content (AvgIpc) is 2.74. The number of rotatable bonds is 4. The van der Waals surface area contributed by atoms with Gasteiger partial charge < -0.3 is 19.7 Å². The maximum atomic E-state index is 12.9. The van der Waals surface area contributed by atoms with E-state index < -0.39 is 0 Å². The smallest absolute Gasteiger partial charge is 0.255 e. The number of ether oxygens (including phenoxy) is 2. The first-order chi connectivity index (χ1) is 13.2. The van der Waals surface area contributed by atoms with Gasteiger partial charge in [-0.2, -0.15) is 0 Å². The molecule has 0 saturated carbocycles. The number of amides is 1. The van der Waals surface area contributed by atoms with Crippen molar-refractivity contribution < 1.29 is 14.3 Å². The van der Waals surface area contributed by atoms with Gasteiger partial charge in [0.2, 0.25) is 0 Å². The number of nitrogens with zero attached hydrogens (tertiary/aromatic N) is 1. The normalized spacial score (nSPS) is 14.2. The van der Waals surface area contributed by atoms with Crippen LogP contribution in [0.5, 0.6) is 5.75 Å². The maximum absolute atomic E-state index is 12.9. The number of methoxy groups -OCH3 is 1. The van der Waals surface area contributed by atoms with Crippen LogP contribution < -0.4 is 15.0 Å². The molecule has 0 bridgehead atoms. The summed E-state index contributed by atoms with van der Waals surface area (Å²) in [5.74, 6) is 0.573. The van der Waals surface area contributed by atoms with Gasteiger partial charge in [-0.1, -0.05) is 30.3 Å². The van der Waals surface area contributed by atoms with Crippen LogP contribution in [-0.4, -0.2) is 39.3 Å². The van der Waals surface area contributed by atoms with Crippen molar-refractivity contribution in [1.82, 2.24) is 0 Å². The Morgan fingerprint density at radius 1 is 1.00 bits per heavy atom. The zero-order valence-electron chi connectivity index (χ0n) is 15.3. The summed E-state index contributed by atoms with van der Waals surface area (Å²) in [6, 6.07) is 19.5. The number of fused-ring (bicyclic) bond motifs is 1. The van der Waals surface area contributed by atoms with Crippen LogP contribution in [0, 0.1) is 0 Å². The van der Waals surface area contributed by atoms with Gasteiger partial charge in [-0.05, 0) is 35.0 Å². The van der Waals surface area contributed by atoms with Gasteiger partial charge in [-0.3, -0.25) is 4.79 Å². The van der Waals surface area contributed by atoms with Gasteiger partial charge in [-0.15, -0.1) is 0 Å². The van der Waals surface area contributed by atoms with E-state index in [-0.39, 0.29) is 5.91 Å². The van der Waals surface area contributed by atoms with Crippen molar-refractivity contribution in [2.45, 2.75) is 0 Å². The number of carbonyl (C=O) groups is 1. The van der Waals surface area contributed by atoms with E-state index >= 15 is 0 Å². The van der Waals surface area contributed by atoms with E-state index in [0.717, 1.165) is 35.2 Å². The summed E-state index contributed by atoms with van der Waals surface area (Å²) in [4.78, 5) is 15.1. The van der Waals surface area contributed by atoms with Crippen molar-refractivity contribution in [2.75, 3.05) is 43.6 Å². The molecule has 0 spiro atoms. The quantitative estimate of drug-likeness (QED) is 0.764. The van der Waals surface area contributed by atoms with Crippen molar-refractivity contribution >= 4 is 28.1 Å². The molecule has 0 atom stereocenters. The van der Waals surface area contributed by atoms with Gasteiger partial charge in [0.05, 0.1) is 31.7 Å². The third-order valence-electron chi connectivity index (χ3n) is 4.82. The molecule has 1 saturated heterocycles. The van der Waals surface area contributed by atoms with Crippen LogP contribution in [0.3, 0.4) is 0 Å². The predicted octanol–water partition coefficient (Wildman–Crippen LogP) is 3.94. The molecule has 1 aliphatic rings. The summed E-state index contributed by atoms with van der Waals surface area (Å²) in [6.45, 7) is 2.96. The summed E-state index contributed by atoms with van der Waals surface area (Å²) in [7, 11) is 1.62. The molecule has 1 amide bonds. The zero-order chi connectivity index (χ0) is 18.6. The van der Waals surface area contributed by atoms with Gasteiger partial charge in [0.25, 0.3) is 5.91 Å². The van der Waals surface area contributed by atoms with Crippen LogP contribution in [-0.2, 0) is 4.74 Å². The molecule has 3 aromatic rings. The summed E-state index contributed by atoms with van der Waals surface area (Å²) >= 11 is 0. The molecule has 5 nitrogen and oxygen atoms in total. The van der Waals surface area contributed by atoms with Crippen molar-refractivity contribution in [3.05, 3.63) is 66.2 Å². The number of morpholine rings is 1. The molecular formula is C22H22N2O3. The molecule has 0 radical (unpaired) electrons. The lowest BCUT2D eigenvalue weighted by atomic mass is 10.1. The Labute approximate surface area is 158 Å². The van der Waals surface area contributed by atoms with Gasteiger partial charge in [0, 0.05) is 24.7 Å². The van der Waals surface area contributed by atoms with Crippen molar-refractivity contribution in [3.63, 3.8) is 0 Å². The fourth-order valence-corrected chi connectivity index (χ4v) is 3.35. The van der Waals surface area contributed by atoms with Gasteiger partial charge in [-0.25, -0.2) is 0 Å². The Morgan fingerprint density at radius 3 is 2.56 bits per heavy atom. The fraction of sp³-hybridized carbons (Fsp3) is 0.227. The number of anilines is 2. The largest absolute Gasteiger partial charge is 0.497 e. The summed E-state index contributed by atoms with van der Waals surface area (Å²) in [5.41, 5.74) is 2.35. The van der Waals surface area contributed by atoms with Gasteiger partial charge in [0.1, 0.15) is 5.75 Å². The third-order valence-corrected chi connectivity index (χ3v) is 4.82. The molecule has 0 unspecified atom stereocenters. The molecule has 3 aromatic carbocycles. The Kier molecular flexibility index (Phi) is 4.94. The highest BCUT2D eigenvalue weighted by Crippen LogP contribution is 2.31. The first-order valence-electron chi connectivity index (χ1n) is 9.05. The van der Waals surface area contributed by atoms with Crippen LogP contribution in [0.4, 0.5) is 11.4 Å². The molecule has 5 heteroatoms. The molecule has 1 fully saturated rings. The molecule has 0 aromatic heterocycles. The molecule has 1 heterocycles. The minimum Gasteiger partial charge on any atom is -0.497 e. The Balaban J connectivity index is 1.64. The number of benzene rings is 3. The highest BCUT2D eigenvalue weighted by atomic mass is 16.5. The van der Waals surface area contributed by atoms with Crippen LogP contribution in [0.15, 0.2) is 60.7 Å². The summed E-state index contributed by atoms with van der Waals surface area (Å²) < 4.78 is 10.8. The first kappa shape index (κ1) is 17.4. The second-order valence-electron chi connectivity index (χ2n) is 6.50. The van der Waals surface area contributed by atoms with Crippen molar-refractivity contribution in [2.24, 2.45) is 0 Å². The number of hydrogen-bond acceptors (Lipinski definition) is 4. The minimum atomic E-state index is -0.136. The Bertz CT molecular complexity index is 965. The van der Waals surface area contributed by atoms with Gasteiger partial charge >= 0.3 is 0 Å². The highest BCUT2D eigenvalue weighted by molar-refractivity contribution is 6.08. The van der Waals surface area contributed by atoms with Crippen molar-refractivity contribution in [1.29, 1.82) is 0 Å². The molecule has 27 heavy (non-hydrogen) atoms. The highest BCUT2D eigenvalue weighted by Gasteiger charge is 2.17. The Hall–Kier alpha value is -3.05. The van der Waals surface area contributed by atoms with Crippen molar-refractivity contribution in [3.8, 4) is 5.75 Å². The monoisotopic (exact) mass is 362 g/mol. The third kappa shape index (κ3) is 3.73. The van der Waals surface area contributed by atoms with Gasteiger partial charge in [0.15, 0.2) is 0 Å². The van der Waals surface area contributed by atoms with Crippen LogP contribution in [0.25, 0.3) is 10.8 Å². The SMILES string of the molecule is COc1ccc(N2CCOCC2)c(NC(=O)c2ccc3ccccc3c2)c1. The molecule has 1 aliphatic heterocycles. The summed E-state index contributed by atoms with van der Waals surface area (Å²) in [6.07, 6.45) is 0. The van der Waals surface area contributed by atoms with Crippen LogP contribution >= 0.6 is 0 Å². The molecule has 138 valence electrons. The van der Waals surface area contributed by atoms with E-state index in [1.165, 1.54) is 0 Å². The number of hydrogen-bond donors (Lipinski definition) is 1. The van der Waals surface area contributed by atoms with E-state index in [0.29, 0.717) is 24.5 Å². The predicted molar refractivity (Wildman–Crippen MR) is 108 cm³/mol. The second kappa shape index (κ2) is 7.68. The average molecular weight is 362 g/mol.